The molecule has 0 aromatic heterocycles. The summed E-state index contributed by atoms with van der Waals surface area (Å²) >= 11 is 0. The SMILES string of the molecule is NC(N)=N[NH+]=Cc1cc(C=O)cc(C=[NH+]N=C(N)N)c1. The average molecular weight is 276 g/mol. The maximum atomic E-state index is 10.9. The van der Waals surface area contributed by atoms with E-state index in [4.69, 9.17) is 22.9 Å². The molecule has 10 N–H and O–H groups in total. The highest BCUT2D eigenvalue weighted by Crippen LogP contribution is 2.04. The number of nitrogens with zero attached hydrogens (tertiary/aromatic N) is 2. The number of hydrogen-bond donors (Lipinski definition) is 6. The summed E-state index contributed by atoms with van der Waals surface area (Å²) in [6, 6.07) is 5.07. The predicted octanol–water partition coefficient (Wildman–Crippen LogP) is -5.13. The molecule has 9 heteroatoms. The van der Waals surface area contributed by atoms with Crippen molar-refractivity contribution in [1.82, 2.24) is 0 Å². The molecule has 1 aromatic rings. The van der Waals surface area contributed by atoms with Crippen LogP contribution < -0.4 is 33.1 Å². The number of nitrogens with one attached hydrogen (secondary N) is 2. The second-order valence-corrected chi connectivity index (χ2v) is 3.67. The van der Waals surface area contributed by atoms with Gasteiger partial charge in [0.25, 0.3) is 11.9 Å². The molecule has 104 valence electrons. The van der Waals surface area contributed by atoms with E-state index in [2.05, 4.69) is 20.4 Å². The first-order chi connectivity index (χ1) is 9.51. The minimum Gasteiger partial charge on any atom is -0.365 e. The van der Waals surface area contributed by atoms with Gasteiger partial charge in [-0.1, -0.05) is 0 Å². The predicted molar refractivity (Wildman–Crippen MR) is 75.7 cm³/mol. The van der Waals surface area contributed by atoms with Gasteiger partial charge in [-0.05, 0) is 18.2 Å². The molecule has 0 atom stereocenters. The van der Waals surface area contributed by atoms with Gasteiger partial charge < -0.3 is 22.9 Å². The molecule has 0 aliphatic carbocycles. The van der Waals surface area contributed by atoms with Gasteiger partial charge in [0.05, 0.1) is 0 Å². The van der Waals surface area contributed by atoms with Gasteiger partial charge in [-0.25, -0.2) is 0 Å². The zero-order chi connectivity index (χ0) is 15.0. The van der Waals surface area contributed by atoms with Gasteiger partial charge in [-0.2, -0.15) is 0 Å². The van der Waals surface area contributed by atoms with Crippen LogP contribution in [-0.2, 0) is 0 Å². The fourth-order valence-corrected chi connectivity index (χ4v) is 1.30. The summed E-state index contributed by atoms with van der Waals surface area (Å²) in [6.07, 6.45) is 3.78. The maximum absolute atomic E-state index is 10.9. The van der Waals surface area contributed by atoms with Crippen molar-refractivity contribution < 1.29 is 15.0 Å². The van der Waals surface area contributed by atoms with Crippen molar-refractivity contribution in [2.24, 2.45) is 33.1 Å². The van der Waals surface area contributed by atoms with Crippen LogP contribution in [0.25, 0.3) is 0 Å². The first-order valence-electron chi connectivity index (χ1n) is 5.46. The van der Waals surface area contributed by atoms with Gasteiger partial charge >= 0.3 is 0 Å². The molecular formula is C11H16N8O+2. The Balaban J connectivity index is 3.05. The number of carbonyl (C=O) groups is 1. The summed E-state index contributed by atoms with van der Waals surface area (Å²) in [7, 11) is 0. The number of carbonyl (C=O) groups excluding carboxylic acids is 1. The van der Waals surface area contributed by atoms with Crippen LogP contribution >= 0.6 is 0 Å². The highest BCUT2D eigenvalue weighted by Gasteiger charge is 2.02. The zero-order valence-electron chi connectivity index (χ0n) is 10.6. The van der Waals surface area contributed by atoms with Crippen molar-refractivity contribution in [1.29, 1.82) is 0 Å². The van der Waals surface area contributed by atoms with E-state index in [1.54, 1.807) is 18.2 Å². The lowest BCUT2D eigenvalue weighted by Crippen LogP contribution is -2.64. The second kappa shape index (κ2) is 7.26. The smallest absolute Gasteiger partial charge is 0.256 e. The summed E-state index contributed by atoms with van der Waals surface area (Å²) in [5, 5.41) is 12.3. The van der Waals surface area contributed by atoms with Gasteiger partial charge in [-0.15, -0.1) is 10.2 Å². The standard InChI is InChI=1S/C11H14N8O/c12-10(13)18-16-4-7-1-8(3-9(2-7)6-20)5-17-19-11(14)15/h1-6H,(H4,12,13,18)(H4,14,15,19)/p+2. The van der Waals surface area contributed by atoms with E-state index in [1.807, 2.05) is 0 Å². The van der Waals surface area contributed by atoms with E-state index >= 15 is 0 Å². The van der Waals surface area contributed by atoms with Crippen molar-refractivity contribution >= 4 is 30.6 Å². The average Bonchev–Trinajstić information content (AvgIpc) is 2.37. The molecular weight excluding hydrogens is 260 g/mol. The van der Waals surface area contributed by atoms with Crippen LogP contribution in [0, 0.1) is 0 Å². The van der Waals surface area contributed by atoms with Gasteiger partial charge in [0, 0.05) is 26.9 Å². The Kier molecular flexibility index (Phi) is 5.38. The van der Waals surface area contributed by atoms with Crippen molar-refractivity contribution in [3.05, 3.63) is 34.9 Å². The monoisotopic (exact) mass is 276 g/mol. The van der Waals surface area contributed by atoms with Crippen molar-refractivity contribution in [2.45, 2.75) is 0 Å². The Morgan fingerprint density at radius 1 is 0.850 bits per heavy atom. The Labute approximate surface area is 114 Å². The lowest BCUT2D eigenvalue weighted by molar-refractivity contribution is -0.456. The molecule has 0 aliphatic heterocycles. The molecule has 0 unspecified atom stereocenters. The Bertz CT molecular complexity index is 548. The number of nitrogens with two attached hydrogens (primary N) is 4. The minimum atomic E-state index is -0.103. The molecule has 9 nitrogen and oxygen atoms in total. The molecule has 0 spiro atoms. The highest BCUT2D eigenvalue weighted by atomic mass is 16.1. The normalized spacial score (nSPS) is 10.6. The largest absolute Gasteiger partial charge is 0.365 e. The summed E-state index contributed by atoms with van der Waals surface area (Å²) in [5.74, 6) is -0.206. The molecule has 0 bridgehead atoms. The molecule has 20 heavy (non-hydrogen) atoms. The fourth-order valence-electron chi connectivity index (χ4n) is 1.30. The van der Waals surface area contributed by atoms with E-state index in [-0.39, 0.29) is 11.9 Å². The number of benzene rings is 1. The summed E-state index contributed by atoms with van der Waals surface area (Å²) in [6.45, 7) is 0. The fraction of sp³-hybridized carbons (Fsp3) is 0. The molecule has 0 radical (unpaired) electrons. The quantitative estimate of drug-likeness (QED) is 0.136. The number of aldehydes is 1. The third kappa shape index (κ3) is 5.40. The number of hydrogen-bond acceptors (Lipinski definition) is 3. The lowest BCUT2D eigenvalue weighted by Gasteiger charge is -1.94. The van der Waals surface area contributed by atoms with Gasteiger partial charge in [-0.3, -0.25) is 4.79 Å². The Morgan fingerprint density at radius 2 is 1.25 bits per heavy atom. The van der Waals surface area contributed by atoms with Crippen LogP contribution in [0.2, 0.25) is 0 Å². The molecule has 0 saturated heterocycles. The van der Waals surface area contributed by atoms with Crippen LogP contribution in [0.5, 0.6) is 0 Å². The van der Waals surface area contributed by atoms with E-state index in [9.17, 15) is 4.79 Å². The van der Waals surface area contributed by atoms with E-state index in [0.717, 1.165) is 6.29 Å². The van der Waals surface area contributed by atoms with Crippen molar-refractivity contribution in [3.63, 3.8) is 0 Å². The topological polar surface area (TPSA) is 174 Å². The van der Waals surface area contributed by atoms with Crippen LogP contribution in [0.1, 0.15) is 21.5 Å². The number of hydrazone groups is 2. The van der Waals surface area contributed by atoms with Crippen LogP contribution in [0.15, 0.2) is 28.4 Å². The lowest BCUT2D eigenvalue weighted by atomic mass is 10.1. The van der Waals surface area contributed by atoms with Crippen molar-refractivity contribution in [3.8, 4) is 0 Å². The first-order valence-corrected chi connectivity index (χ1v) is 5.46. The van der Waals surface area contributed by atoms with E-state index in [0.29, 0.717) is 16.7 Å². The van der Waals surface area contributed by atoms with Crippen LogP contribution in [0.4, 0.5) is 0 Å². The summed E-state index contributed by atoms with van der Waals surface area (Å²) in [5.41, 5.74) is 22.5. The maximum Gasteiger partial charge on any atom is 0.256 e. The molecule has 1 aromatic carbocycles. The second-order valence-electron chi connectivity index (χ2n) is 3.67. The molecule has 0 fully saturated rings. The third-order valence-electron chi connectivity index (χ3n) is 1.99. The van der Waals surface area contributed by atoms with Crippen LogP contribution in [0.3, 0.4) is 0 Å². The molecule has 1 rings (SSSR count). The van der Waals surface area contributed by atoms with Gasteiger partial charge in [0.1, 0.15) is 6.29 Å². The third-order valence-corrected chi connectivity index (χ3v) is 1.99. The summed E-state index contributed by atoms with van der Waals surface area (Å²) < 4.78 is 0. The van der Waals surface area contributed by atoms with Gasteiger partial charge in [0.15, 0.2) is 0 Å². The Morgan fingerprint density at radius 3 is 1.60 bits per heavy atom. The Hall–Kier alpha value is -3.23. The number of guanidine groups is 2. The molecule has 0 saturated carbocycles. The molecule has 0 heterocycles. The van der Waals surface area contributed by atoms with Gasteiger partial charge in [0.2, 0.25) is 12.4 Å². The first kappa shape index (κ1) is 14.8. The van der Waals surface area contributed by atoms with Crippen LogP contribution in [-0.4, -0.2) is 30.6 Å². The molecule has 0 aliphatic rings. The summed E-state index contributed by atoms with van der Waals surface area (Å²) in [4.78, 5) is 10.9. The minimum absolute atomic E-state index is 0.103. The van der Waals surface area contributed by atoms with E-state index in [1.165, 1.54) is 12.4 Å². The zero-order valence-corrected chi connectivity index (χ0v) is 10.6. The molecule has 0 amide bonds. The van der Waals surface area contributed by atoms with Crippen molar-refractivity contribution in [2.75, 3.05) is 0 Å². The van der Waals surface area contributed by atoms with E-state index < -0.39 is 0 Å². The highest BCUT2D eigenvalue weighted by molar-refractivity contribution is 5.88. The number of rotatable bonds is 5.